The molecule has 2 aromatic carbocycles. The van der Waals surface area contributed by atoms with Crippen LogP contribution in [0.25, 0.3) is 17.0 Å². The Balaban J connectivity index is 1.74. The summed E-state index contributed by atoms with van der Waals surface area (Å²) in [7, 11) is 0. The summed E-state index contributed by atoms with van der Waals surface area (Å²) >= 11 is 5.87. The van der Waals surface area contributed by atoms with Gasteiger partial charge in [0, 0.05) is 27.7 Å². The van der Waals surface area contributed by atoms with Crippen LogP contribution in [-0.2, 0) is 11.3 Å². The third-order valence-electron chi connectivity index (χ3n) is 4.32. The van der Waals surface area contributed by atoms with E-state index in [9.17, 15) is 9.59 Å². The fourth-order valence-corrected chi connectivity index (χ4v) is 3.24. The van der Waals surface area contributed by atoms with Crippen molar-refractivity contribution in [3.63, 3.8) is 0 Å². The van der Waals surface area contributed by atoms with Crippen molar-refractivity contribution >= 4 is 46.2 Å². The number of hydrogen-bond acceptors (Lipinski definition) is 3. The van der Waals surface area contributed by atoms with Crippen LogP contribution < -0.4 is 10.2 Å². The number of fused-ring (bicyclic) bond motifs is 1. The molecule has 1 aliphatic rings. The van der Waals surface area contributed by atoms with Crippen molar-refractivity contribution in [1.82, 2.24) is 9.88 Å². The minimum absolute atomic E-state index is 0.176. The van der Waals surface area contributed by atoms with E-state index in [2.05, 4.69) is 11.4 Å². The summed E-state index contributed by atoms with van der Waals surface area (Å²) in [5.74, 6) is -0.445. The van der Waals surface area contributed by atoms with Gasteiger partial charge in [0.05, 0.1) is 11.8 Å². The molecule has 1 N–H and O–H groups in total. The summed E-state index contributed by atoms with van der Waals surface area (Å²) in [5.41, 5.74) is 2.26. The number of anilines is 1. The number of nitriles is 1. The van der Waals surface area contributed by atoms with E-state index in [4.69, 9.17) is 16.9 Å². The van der Waals surface area contributed by atoms with Gasteiger partial charge in [-0.15, -0.1) is 0 Å². The maximum absolute atomic E-state index is 12.8. The van der Waals surface area contributed by atoms with Crippen LogP contribution in [0.5, 0.6) is 0 Å². The van der Waals surface area contributed by atoms with Gasteiger partial charge in [0.15, 0.2) is 0 Å². The zero-order valence-electron chi connectivity index (χ0n) is 14.0. The molecule has 1 fully saturated rings. The smallest absolute Gasteiger partial charge is 0.333 e. The van der Waals surface area contributed by atoms with E-state index in [0.29, 0.717) is 10.7 Å². The first-order valence-corrected chi connectivity index (χ1v) is 8.54. The van der Waals surface area contributed by atoms with Gasteiger partial charge in [0.1, 0.15) is 12.2 Å². The second-order valence-electron chi connectivity index (χ2n) is 5.99. The summed E-state index contributed by atoms with van der Waals surface area (Å²) in [6.45, 7) is 0.195. The van der Waals surface area contributed by atoms with Gasteiger partial charge in [-0.1, -0.05) is 29.8 Å². The molecule has 27 heavy (non-hydrogen) atoms. The maximum Gasteiger partial charge on any atom is 0.333 e. The van der Waals surface area contributed by atoms with Crippen molar-refractivity contribution in [3.8, 4) is 6.07 Å². The number of amides is 3. The topological polar surface area (TPSA) is 78.1 Å². The molecule has 2 heterocycles. The molecular formula is C20H13ClN4O2. The lowest BCUT2D eigenvalue weighted by atomic mass is 10.1. The van der Waals surface area contributed by atoms with Crippen LogP contribution in [0.2, 0.25) is 5.02 Å². The molecule has 0 spiro atoms. The third-order valence-corrected chi connectivity index (χ3v) is 4.58. The second kappa shape index (κ2) is 6.63. The number of benzene rings is 2. The Morgan fingerprint density at radius 3 is 2.59 bits per heavy atom. The average molecular weight is 377 g/mol. The lowest BCUT2D eigenvalue weighted by Crippen LogP contribution is -2.30. The normalized spacial score (nSPS) is 15.4. The lowest BCUT2D eigenvalue weighted by molar-refractivity contribution is -0.113. The van der Waals surface area contributed by atoms with E-state index >= 15 is 0 Å². The first-order valence-electron chi connectivity index (χ1n) is 8.16. The molecule has 0 saturated carbocycles. The van der Waals surface area contributed by atoms with Crippen molar-refractivity contribution in [2.75, 3.05) is 4.90 Å². The fourth-order valence-electron chi connectivity index (χ4n) is 3.11. The van der Waals surface area contributed by atoms with E-state index in [1.807, 2.05) is 24.3 Å². The maximum atomic E-state index is 12.8. The minimum Gasteiger partial charge on any atom is -0.333 e. The van der Waals surface area contributed by atoms with E-state index in [0.717, 1.165) is 21.4 Å². The molecule has 4 rings (SSSR count). The van der Waals surface area contributed by atoms with Crippen molar-refractivity contribution in [1.29, 1.82) is 5.26 Å². The van der Waals surface area contributed by atoms with Crippen LogP contribution in [0.4, 0.5) is 10.5 Å². The number of para-hydroxylation sites is 1. The number of nitrogens with zero attached hydrogens (tertiary/aromatic N) is 3. The molecule has 3 aromatic rings. The number of imide groups is 1. The standard InChI is InChI=1S/C20H13ClN4O2/c21-14-5-7-15(8-6-14)25-19(26)17(23-20(25)27)11-13-12-24(10-9-22)18-4-2-1-3-16(13)18/h1-8,11-12H,10H2,(H,23,27)/b17-11+. The highest BCUT2D eigenvalue weighted by Gasteiger charge is 2.35. The molecule has 0 radical (unpaired) electrons. The first-order chi connectivity index (χ1) is 13.1. The van der Waals surface area contributed by atoms with Gasteiger partial charge in [-0.05, 0) is 36.4 Å². The number of carbonyl (C=O) groups is 2. The number of hydrogen-bond donors (Lipinski definition) is 1. The molecular weight excluding hydrogens is 364 g/mol. The zero-order chi connectivity index (χ0) is 19.0. The lowest BCUT2D eigenvalue weighted by Gasteiger charge is -2.11. The largest absolute Gasteiger partial charge is 0.333 e. The zero-order valence-corrected chi connectivity index (χ0v) is 14.8. The van der Waals surface area contributed by atoms with Crippen LogP contribution in [0.1, 0.15) is 5.56 Å². The predicted molar refractivity (Wildman–Crippen MR) is 103 cm³/mol. The SMILES string of the molecule is N#CCn1cc(/C=C2/NC(=O)N(c3ccc(Cl)cc3)C2=O)c2ccccc21. The minimum atomic E-state index is -0.519. The van der Waals surface area contributed by atoms with Crippen molar-refractivity contribution in [2.45, 2.75) is 6.54 Å². The number of nitrogens with one attached hydrogen (secondary N) is 1. The van der Waals surface area contributed by atoms with Crippen molar-refractivity contribution in [3.05, 3.63) is 71.0 Å². The summed E-state index contributed by atoms with van der Waals surface area (Å²) < 4.78 is 1.81. The van der Waals surface area contributed by atoms with Gasteiger partial charge in [0.25, 0.3) is 5.91 Å². The molecule has 0 bridgehead atoms. The average Bonchev–Trinajstić information content (AvgIpc) is 3.14. The number of aromatic nitrogens is 1. The predicted octanol–water partition coefficient (Wildman–Crippen LogP) is 3.92. The highest BCUT2D eigenvalue weighted by atomic mass is 35.5. The van der Waals surface area contributed by atoms with E-state index in [1.54, 1.807) is 41.1 Å². The highest BCUT2D eigenvalue weighted by Crippen LogP contribution is 2.27. The van der Waals surface area contributed by atoms with Crippen LogP contribution in [-0.4, -0.2) is 16.5 Å². The summed E-state index contributed by atoms with van der Waals surface area (Å²) in [6.07, 6.45) is 3.43. The third kappa shape index (κ3) is 2.94. The van der Waals surface area contributed by atoms with E-state index < -0.39 is 11.9 Å². The molecule has 7 heteroatoms. The van der Waals surface area contributed by atoms with Crippen LogP contribution in [0, 0.1) is 11.3 Å². The quantitative estimate of drug-likeness (QED) is 0.556. The number of rotatable bonds is 3. The van der Waals surface area contributed by atoms with Gasteiger partial charge >= 0.3 is 6.03 Å². The fraction of sp³-hybridized carbons (Fsp3) is 0.0500. The number of halogens is 1. The summed E-state index contributed by atoms with van der Waals surface area (Å²) in [6, 6.07) is 15.7. The Kier molecular flexibility index (Phi) is 4.15. The van der Waals surface area contributed by atoms with Gasteiger partial charge in [-0.2, -0.15) is 5.26 Å². The monoisotopic (exact) mass is 376 g/mol. The summed E-state index contributed by atoms with van der Waals surface area (Å²) in [5, 5.41) is 13.0. The number of urea groups is 1. The molecule has 1 aromatic heterocycles. The Bertz CT molecular complexity index is 1140. The van der Waals surface area contributed by atoms with Crippen LogP contribution in [0.15, 0.2) is 60.4 Å². The Labute approximate surface area is 159 Å². The molecule has 6 nitrogen and oxygen atoms in total. The summed E-state index contributed by atoms with van der Waals surface area (Å²) in [4.78, 5) is 26.1. The molecule has 0 unspecified atom stereocenters. The van der Waals surface area contributed by atoms with Crippen molar-refractivity contribution < 1.29 is 9.59 Å². The molecule has 0 aliphatic carbocycles. The van der Waals surface area contributed by atoms with Gasteiger partial charge < -0.3 is 9.88 Å². The van der Waals surface area contributed by atoms with Crippen molar-refractivity contribution in [2.24, 2.45) is 0 Å². The molecule has 0 atom stereocenters. The van der Waals surface area contributed by atoms with Gasteiger partial charge in [0.2, 0.25) is 0 Å². The van der Waals surface area contributed by atoms with E-state index in [1.165, 1.54) is 0 Å². The van der Waals surface area contributed by atoms with Crippen LogP contribution in [0.3, 0.4) is 0 Å². The van der Waals surface area contributed by atoms with Crippen LogP contribution >= 0.6 is 11.6 Å². The first kappa shape index (κ1) is 16.9. The molecule has 132 valence electrons. The molecule has 1 aliphatic heterocycles. The van der Waals surface area contributed by atoms with Gasteiger partial charge in [-0.25, -0.2) is 9.69 Å². The van der Waals surface area contributed by atoms with Gasteiger partial charge in [-0.3, -0.25) is 4.79 Å². The highest BCUT2D eigenvalue weighted by molar-refractivity contribution is 6.31. The second-order valence-corrected chi connectivity index (χ2v) is 6.43. The molecule has 1 saturated heterocycles. The Morgan fingerprint density at radius 2 is 1.85 bits per heavy atom. The Hall–Kier alpha value is -3.56. The Morgan fingerprint density at radius 1 is 1.11 bits per heavy atom. The van der Waals surface area contributed by atoms with E-state index in [-0.39, 0.29) is 12.2 Å². The number of carbonyl (C=O) groups excluding carboxylic acids is 2. The molecule has 3 amide bonds.